The molecule has 37 heavy (non-hydrogen) atoms. The van der Waals surface area contributed by atoms with Crippen molar-refractivity contribution < 1.29 is 22.4 Å². The summed E-state index contributed by atoms with van der Waals surface area (Å²) in [4.78, 5) is 17.1. The quantitative estimate of drug-likeness (QED) is 0.470. The van der Waals surface area contributed by atoms with Crippen molar-refractivity contribution in [3.8, 4) is 5.75 Å². The van der Waals surface area contributed by atoms with Gasteiger partial charge in [-0.15, -0.1) is 0 Å². The van der Waals surface area contributed by atoms with Gasteiger partial charge in [0.2, 0.25) is 5.95 Å². The van der Waals surface area contributed by atoms with Gasteiger partial charge in [0, 0.05) is 50.1 Å². The molecule has 198 valence electrons. The van der Waals surface area contributed by atoms with Gasteiger partial charge in [0.05, 0.1) is 19.0 Å². The minimum atomic E-state index is -1.22. The van der Waals surface area contributed by atoms with Gasteiger partial charge in [0.15, 0.2) is 23.2 Å². The number of anilines is 2. The lowest BCUT2D eigenvalue weighted by molar-refractivity contribution is 0.219. The smallest absolute Gasteiger partial charge is 0.324 e. The highest BCUT2D eigenvalue weighted by atomic mass is 19.2. The maximum atomic E-state index is 14.3. The van der Waals surface area contributed by atoms with Crippen LogP contribution in [-0.4, -0.2) is 58.9 Å². The third-order valence-corrected chi connectivity index (χ3v) is 7.02. The second-order valence-electron chi connectivity index (χ2n) is 10.0. The molecule has 2 saturated heterocycles. The summed E-state index contributed by atoms with van der Waals surface area (Å²) >= 11 is 0. The molecule has 2 aliphatic heterocycles. The first-order valence-corrected chi connectivity index (χ1v) is 12.5. The molecule has 5 rings (SSSR count). The molecule has 0 radical (unpaired) electrons. The van der Waals surface area contributed by atoms with Gasteiger partial charge in [-0.25, -0.2) is 23.1 Å². The zero-order valence-corrected chi connectivity index (χ0v) is 20.8. The highest BCUT2D eigenvalue weighted by Gasteiger charge is 2.35. The zero-order chi connectivity index (χ0) is 26.1. The molecular weight excluding hydrogens is 487 g/mol. The van der Waals surface area contributed by atoms with Crippen molar-refractivity contribution in [2.75, 3.05) is 42.6 Å². The van der Waals surface area contributed by atoms with Gasteiger partial charge in [0.25, 0.3) is 0 Å². The second kappa shape index (κ2) is 10.5. The number of hydrogen-bond acceptors (Lipinski definition) is 9. The number of nitrogens with two attached hydrogens (primary N) is 1. The van der Waals surface area contributed by atoms with E-state index in [2.05, 4.69) is 25.0 Å². The molecule has 0 saturated carbocycles. The molecular formula is C25H30F3N7O2. The van der Waals surface area contributed by atoms with Crippen molar-refractivity contribution in [2.24, 2.45) is 11.7 Å². The van der Waals surface area contributed by atoms with Gasteiger partial charge in [-0.05, 0) is 30.4 Å². The first kappa shape index (κ1) is 25.2. The Bertz CT molecular complexity index is 1220. The normalized spacial score (nSPS) is 20.7. The van der Waals surface area contributed by atoms with Crippen molar-refractivity contribution in [3.63, 3.8) is 0 Å². The SMILES string of the molecule is CC(C)c1noc(N2CCC(COc3cnc(N4CC(N)C(c5cc(F)c(F)cc5F)C4)nc3)CC2)n1. The Labute approximate surface area is 212 Å². The first-order valence-electron chi connectivity index (χ1n) is 12.5. The van der Waals surface area contributed by atoms with Crippen molar-refractivity contribution in [3.05, 3.63) is 53.4 Å². The number of hydrogen-bond donors (Lipinski definition) is 1. The third kappa shape index (κ3) is 5.48. The number of aromatic nitrogens is 4. The van der Waals surface area contributed by atoms with Crippen molar-refractivity contribution in [2.45, 2.75) is 44.6 Å². The number of halogens is 3. The van der Waals surface area contributed by atoms with E-state index in [9.17, 15) is 13.2 Å². The molecule has 0 spiro atoms. The van der Waals surface area contributed by atoms with Crippen LogP contribution in [0.4, 0.5) is 25.1 Å². The second-order valence-corrected chi connectivity index (χ2v) is 10.0. The fourth-order valence-corrected chi connectivity index (χ4v) is 4.79. The van der Waals surface area contributed by atoms with Gasteiger partial charge < -0.3 is 24.8 Å². The Morgan fingerprint density at radius 2 is 1.73 bits per heavy atom. The number of ether oxygens (including phenoxy) is 1. The number of piperidine rings is 1. The summed E-state index contributed by atoms with van der Waals surface area (Å²) in [6, 6.07) is 1.53. The molecule has 0 aliphatic carbocycles. The fraction of sp³-hybridized carbons (Fsp3) is 0.520. The van der Waals surface area contributed by atoms with E-state index >= 15 is 0 Å². The Morgan fingerprint density at radius 3 is 2.41 bits per heavy atom. The van der Waals surface area contributed by atoms with Crippen LogP contribution >= 0.6 is 0 Å². The Balaban J connectivity index is 1.12. The highest BCUT2D eigenvalue weighted by Crippen LogP contribution is 2.32. The molecule has 2 fully saturated rings. The van der Waals surface area contributed by atoms with Crippen LogP contribution in [0, 0.1) is 23.4 Å². The van der Waals surface area contributed by atoms with Gasteiger partial charge in [0.1, 0.15) is 5.82 Å². The number of nitrogens with zero attached hydrogens (tertiary/aromatic N) is 6. The van der Waals surface area contributed by atoms with Crippen LogP contribution in [0.25, 0.3) is 0 Å². The summed E-state index contributed by atoms with van der Waals surface area (Å²) in [5.41, 5.74) is 6.25. The summed E-state index contributed by atoms with van der Waals surface area (Å²) in [7, 11) is 0. The molecule has 3 aromatic rings. The van der Waals surface area contributed by atoms with E-state index in [1.54, 1.807) is 17.3 Å². The van der Waals surface area contributed by atoms with Crippen LogP contribution in [-0.2, 0) is 0 Å². The summed E-state index contributed by atoms with van der Waals surface area (Å²) in [6.45, 7) is 6.90. The van der Waals surface area contributed by atoms with Crippen LogP contribution in [0.15, 0.2) is 29.0 Å². The lowest BCUT2D eigenvalue weighted by Gasteiger charge is -2.30. The Morgan fingerprint density at radius 1 is 1.03 bits per heavy atom. The van der Waals surface area contributed by atoms with Gasteiger partial charge >= 0.3 is 6.01 Å². The summed E-state index contributed by atoms with van der Waals surface area (Å²) < 4.78 is 52.6. The molecule has 0 amide bonds. The molecule has 4 heterocycles. The maximum Gasteiger partial charge on any atom is 0.324 e. The van der Waals surface area contributed by atoms with E-state index in [1.807, 2.05) is 13.8 Å². The maximum absolute atomic E-state index is 14.3. The van der Waals surface area contributed by atoms with Crippen LogP contribution in [0.1, 0.15) is 49.9 Å². The minimum absolute atomic E-state index is 0.0550. The van der Waals surface area contributed by atoms with Gasteiger partial charge in [-0.3, -0.25) is 0 Å². The minimum Gasteiger partial charge on any atom is -0.490 e. The molecule has 1 aromatic carbocycles. The van der Waals surface area contributed by atoms with E-state index in [0.29, 0.717) is 55.2 Å². The van der Waals surface area contributed by atoms with Crippen molar-refractivity contribution >= 4 is 12.0 Å². The van der Waals surface area contributed by atoms with E-state index in [-0.39, 0.29) is 11.5 Å². The highest BCUT2D eigenvalue weighted by molar-refractivity contribution is 5.39. The average molecular weight is 518 g/mol. The van der Waals surface area contributed by atoms with Crippen LogP contribution in [0.2, 0.25) is 0 Å². The Hall–Kier alpha value is -3.41. The third-order valence-electron chi connectivity index (χ3n) is 7.02. The lowest BCUT2D eigenvalue weighted by Crippen LogP contribution is -2.35. The number of benzene rings is 1. The molecule has 2 aliphatic rings. The first-order chi connectivity index (χ1) is 17.8. The fourth-order valence-electron chi connectivity index (χ4n) is 4.79. The standard InChI is InChI=1S/C25H30F3N7O2/c1-14(2)23-32-25(37-33-23)34-5-3-15(4-6-34)13-36-16-9-30-24(31-10-16)35-11-18(22(29)12-35)17-7-20(27)21(28)8-19(17)26/h7-10,14-15,18,22H,3-6,11-13,29H2,1-2H3. The zero-order valence-electron chi connectivity index (χ0n) is 20.8. The molecule has 12 heteroatoms. The summed E-state index contributed by atoms with van der Waals surface area (Å²) in [5.74, 6) is -1.35. The van der Waals surface area contributed by atoms with Gasteiger partial charge in [-0.1, -0.05) is 19.0 Å². The van der Waals surface area contributed by atoms with E-state index in [1.165, 1.54) is 0 Å². The molecule has 2 atom stereocenters. The van der Waals surface area contributed by atoms with Crippen LogP contribution in [0.5, 0.6) is 5.75 Å². The Kier molecular flexibility index (Phi) is 7.18. The van der Waals surface area contributed by atoms with Crippen molar-refractivity contribution in [1.29, 1.82) is 0 Å². The largest absolute Gasteiger partial charge is 0.490 e. The molecule has 2 aromatic heterocycles. The molecule has 0 bridgehead atoms. The van der Waals surface area contributed by atoms with Crippen LogP contribution < -0.4 is 20.3 Å². The monoisotopic (exact) mass is 517 g/mol. The molecule has 2 unspecified atom stereocenters. The van der Waals surface area contributed by atoms with Crippen molar-refractivity contribution in [1.82, 2.24) is 20.1 Å². The molecule has 9 nitrogen and oxygen atoms in total. The predicted molar refractivity (Wildman–Crippen MR) is 130 cm³/mol. The summed E-state index contributed by atoms with van der Waals surface area (Å²) in [6.07, 6.45) is 5.07. The average Bonchev–Trinajstić information content (AvgIpc) is 3.53. The number of rotatable bonds is 7. The van der Waals surface area contributed by atoms with E-state index < -0.39 is 29.4 Å². The summed E-state index contributed by atoms with van der Waals surface area (Å²) in [5, 5.41) is 4.03. The van der Waals surface area contributed by atoms with Crippen LogP contribution in [0.3, 0.4) is 0 Å². The lowest BCUT2D eigenvalue weighted by atomic mass is 9.94. The van der Waals surface area contributed by atoms with Gasteiger partial charge in [-0.2, -0.15) is 4.98 Å². The van der Waals surface area contributed by atoms with E-state index in [4.69, 9.17) is 15.0 Å². The van der Waals surface area contributed by atoms with E-state index in [0.717, 1.165) is 32.0 Å². The molecule has 2 N–H and O–H groups in total. The predicted octanol–water partition coefficient (Wildman–Crippen LogP) is 3.63. The topological polar surface area (TPSA) is 106 Å².